The standard InChI is InChI=1S/C15H13NS/c1-13-9-10-15(17-13)8-5-11-16-12-14-6-3-2-4-7-14/h2-4,6-7,9-10,12H,11H2,1H3. The van der Waals surface area contributed by atoms with E-state index in [1.54, 1.807) is 11.3 Å². The highest BCUT2D eigenvalue weighted by molar-refractivity contribution is 7.12. The molecule has 0 amide bonds. The molecular weight excluding hydrogens is 226 g/mol. The van der Waals surface area contributed by atoms with E-state index in [-0.39, 0.29) is 0 Å². The molecule has 0 unspecified atom stereocenters. The number of hydrogen-bond donors (Lipinski definition) is 0. The lowest BCUT2D eigenvalue weighted by Crippen LogP contribution is -1.81. The molecule has 1 aromatic heterocycles. The Bertz CT molecular complexity index is 555. The third-order valence-corrected chi connectivity index (χ3v) is 3.08. The fourth-order valence-electron chi connectivity index (χ4n) is 1.36. The topological polar surface area (TPSA) is 12.4 Å². The molecule has 2 rings (SSSR count). The smallest absolute Gasteiger partial charge is 0.100 e. The SMILES string of the molecule is Cc1ccc(C#CCN=Cc2ccccc2)s1. The van der Waals surface area contributed by atoms with Crippen LogP contribution in [0.4, 0.5) is 0 Å². The monoisotopic (exact) mass is 239 g/mol. The zero-order chi connectivity index (χ0) is 11.9. The van der Waals surface area contributed by atoms with Gasteiger partial charge in [0.2, 0.25) is 0 Å². The Balaban J connectivity index is 1.88. The van der Waals surface area contributed by atoms with Crippen molar-refractivity contribution in [1.29, 1.82) is 0 Å². The van der Waals surface area contributed by atoms with Crippen molar-refractivity contribution in [2.24, 2.45) is 4.99 Å². The Morgan fingerprint density at radius 3 is 2.71 bits per heavy atom. The molecule has 0 N–H and O–H groups in total. The van der Waals surface area contributed by atoms with E-state index >= 15 is 0 Å². The average molecular weight is 239 g/mol. The Hall–Kier alpha value is -1.85. The zero-order valence-electron chi connectivity index (χ0n) is 9.68. The molecule has 0 bridgehead atoms. The Morgan fingerprint density at radius 2 is 2.00 bits per heavy atom. The first-order valence-electron chi connectivity index (χ1n) is 5.45. The lowest BCUT2D eigenvalue weighted by Gasteiger charge is -1.88. The Kier molecular flexibility index (Phi) is 4.12. The van der Waals surface area contributed by atoms with E-state index in [9.17, 15) is 0 Å². The minimum atomic E-state index is 0.547. The van der Waals surface area contributed by atoms with E-state index in [2.05, 4.69) is 29.8 Å². The Morgan fingerprint density at radius 1 is 1.18 bits per heavy atom. The molecule has 2 aromatic rings. The van der Waals surface area contributed by atoms with Crippen molar-refractivity contribution in [3.8, 4) is 11.8 Å². The molecule has 0 radical (unpaired) electrons. The minimum absolute atomic E-state index is 0.547. The van der Waals surface area contributed by atoms with Gasteiger partial charge in [-0.15, -0.1) is 11.3 Å². The fourth-order valence-corrected chi connectivity index (χ4v) is 2.11. The van der Waals surface area contributed by atoms with Crippen LogP contribution in [0.5, 0.6) is 0 Å². The van der Waals surface area contributed by atoms with Gasteiger partial charge in [0.25, 0.3) is 0 Å². The molecule has 17 heavy (non-hydrogen) atoms. The molecule has 0 saturated heterocycles. The van der Waals surface area contributed by atoms with E-state index in [1.807, 2.05) is 42.6 Å². The summed E-state index contributed by atoms with van der Waals surface area (Å²) in [6.45, 7) is 2.63. The van der Waals surface area contributed by atoms with E-state index in [4.69, 9.17) is 0 Å². The van der Waals surface area contributed by atoms with Crippen LogP contribution in [0.15, 0.2) is 47.5 Å². The number of thiophene rings is 1. The molecule has 0 aliphatic rings. The number of rotatable bonds is 2. The van der Waals surface area contributed by atoms with Crippen LogP contribution >= 0.6 is 11.3 Å². The lowest BCUT2D eigenvalue weighted by molar-refractivity contribution is 1.30. The van der Waals surface area contributed by atoms with Gasteiger partial charge in [-0.3, -0.25) is 4.99 Å². The molecule has 1 heterocycles. The van der Waals surface area contributed by atoms with E-state index < -0.39 is 0 Å². The molecule has 0 aliphatic carbocycles. The van der Waals surface area contributed by atoms with Crippen LogP contribution in [0.1, 0.15) is 15.3 Å². The molecule has 1 nitrogen and oxygen atoms in total. The summed E-state index contributed by atoms with van der Waals surface area (Å²) < 4.78 is 0. The summed E-state index contributed by atoms with van der Waals surface area (Å²) in [5.41, 5.74) is 1.11. The van der Waals surface area contributed by atoms with E-state index in [0.717, 1.165) is 10.4 Å². The van der Waals surface area contributed by atoms with Gasteiger partial charge in [0.05, 0.1) is 4.88 Å². The normalized spacial score (nSPS) is 10.2. The van der Waals surface area contributed by atoms with Gasteiger partial charge in [0.1, 0.15) is 6.54 Å². The van der Waals surface area contributed by atoms with Crippen LogP contribution in [0.3, 0.4) is 0 Å². The second-order valence-corrected chi connectivity index (χ2v) is 4.88. The first kappa shape index (κ1) is 11.6. The lowest BCUT2D eigenvalue weighted by atomic mass is 10.2. The number of nitrogens with zero attached hydrogens (tertiary/aromatic N) is 1. The van der Waals surface area contributed by atoms with Gasteiger partial charge in [-0.25, -0.2) is 0 Å². The maximum atomic E-state index is 4.27. The van der Waals surface area contributed by atoms with E-state index in [1.165, 1.54) is 4.88 Å². The van der Waals surface area contributed by atoms with Crippen molar-refractivity contribution in [2.75, 3.05) is 6.54 Å². The number of hydrogen-bond acceptors (Lipinski definition) is 2. The molecule has 0 spiro atoms. The molecule has 84 valence electrons. The second-order valence-electron chi connectivity index (χ2n) is 3.59. The summed E-state index contributed by atoms with van der Waals surface area (Å²) in [5, 5.41) is 0. The number of benzene rings is 1. The van der Waals surface area contributed by atoms with Crippen molar-refractivity contribution >= 4 is 17.6 Å². The van der Waals surface area contributed by atoms with Gasteiger partial charge in [-0.05, 0) is 24.6 Å². The first-order chi connectivity index (χ1) is 8.34. The molecule has 0 saturated carbocycles. The average Bonchev–Trinajstić information content (AvgIpc) is 2.76. The van der Waals surface area contributed by atoms with Gasteiger partial charge in [-0.2, -0.15) is 0 Å². The molecule has 0 fully saturated rings. The van der Waals surface area contributed by atoms with Crippen molar-refractivity contribution in [2.45, 2.75) is 6.92 Å². The summed E-state index contributed by atoms with van der Waals surface area (Å²) in [6, 6.07) is 14.2. The largest absolute Gasteiger partial charge is 0.280 e. The maximum absolute atomic E-state index is 4.27. The van der Waals surface area contributed by atoms with Crippen molar-refractivity contribution in [3.05, 3.63) is 57.8 Å². The molecule has 2 heteroatoms. The number of aryl methyl sites for hydroxylation is 1. The first-order valence-corrected chi connectivity index (χ1v) is 6.26. The van der Waals surface area contributed by atoms with Crippen LogP contribution in [-0.4, -0.2) is 12.8 Å². The van der Waals surface area contributed by atoms with E-state index in [0.29, 0.717) is 6.54 Å². The molecule has 1 aromatic carbocycles. The van der Waals surface area contributed by atoms with Gasteiger partial charge >= 0.3 is 0 Å². The molecule has 0 aliphatic heterocycles. The van der Waals surface area contributed by atoms with Crippen LogP contribution in [0.25, 0.3) is 0 Å². The van der Waals surface area contributed by atoms with Gasteiger partial charge in [-0.1, -0.05) is 42.2 Å². The highest BCUT2D eigenvalue weighted by atomic mass is 32.1. The predicted octanol–water partition coefficient (Wildman–Crippen LogP) is 3.53. The molecule has 0 atom stereocenters. The maximum Gasteiger partial charge on any atom is 0.100 e. The number of aliphatic imine (C=N–C) groups is 1. The predicted molar refractivity (Wildman–Crippen MR) is 74.8 cm³/mol. The minimum Gasteiger partial charge on any atom is -0.280 e. The van der Waals surface area contributed by atoms with Crippen molar-refractivity contribution < 1.29 is 0 Å². The second kappa shape index (κ2) is 6.03. The van der Waals surface area contributed by atoms with Crippen molar-refractivity contribution in [3.63, 3.8) is 0 Å². The van der Waals surface area contributed by atoms with Gasteiger partial charge < -0.3 is 0 Å². The van der Waals surface area contributed by atoms with Crippen LogP contribution in [0.2, 0.25) is 0 Å². The molecular formula is C15H13NS. The summed E-state index contributed by atoms with van der Waals surface area (Å²) in [5.74, 6) is 6.15. The highest BCUT2D eigenvalue weighted by Gasteiger charge is 1.89. The highest BCUT2D eigenvalue weighted by Crippen LogP contribution is 2.12. The summed E-state index contributed by atoms with van der Waals surface area (Å²) in [4.78, 5) is 6.67. The van der Waals surface area contributed by atoms with Crippen LogP contribution < -0.4 is 0 Å². The van der Waals surface area contributed by atoms with Crippen LogP contribution in [-0.2, 0) is 0 Å². The third kappa shape index (κ3) is 3.90. The quantitative estimate of drug-likeness (QED) is 0.561. The van der Waals surface area contributed by atoms with Crippen LogP contribution in [0, 0.1) is 18.8 Å². The summed E-state index contributed by atoms with van der Waals surface area (Å²) in [6.07, 6.45) is 1.86. The van der Waals surface area contributed by atoms with Gasteiger partial charge in [0, 0.05) is 11.1 Å². The summed E-state index contributed by atoms with van der Waals surface area (Å²) in [7, 11) is 0. The Labute approximate surface area is 106 Å². The van der Waals surface area contributed by atoms with Crippen molar-refractivity contribution in [1.82, 2.24) is 0 Å². The third-order valence-electron chi connectivity index (χ3n) is 2.16. The van der Waals surface area contributed by atoms with Gasteiger partial charge in [0.15, 0.2) is 0 Å². The summed E-state index contributed by atoms with van der Waals surface area (Å²) >= 11 is 1.72. The fraction of sp³-hybridized carbons (Fsp3) is 0.133. The zero-order valence-corrected chi connectivity index (χ0v) is 10.5.